The van der Waals surface area contributed by atoms with E-state index >= 15 is 0 Å². The first-order chi connectivity index (χ1) is 22.2. The maximum Gasteiger partial charge on any atom is 0.342 e. The molecule has 2 aliphatic carbocycles. The maximum atomic E-state index is 13.1. The SMILES string of the molecule is C=CC(=O)OCCCCOC(=O)C1CCC(C(=O)Oc2ccc(OC(=O)C3CCC(C=O)CC3)cc2C(=O)OCCCCC)CC1. The van der Waals surface area contributed by atoms with Gasteiger partial charge >= 0.3 is 29.8 Å². The minimum atomic E-state index is -0.686. The second-order valence-electron chi connectivity index (χ2n) is 11.9. The number of rotatable bonds is 17. The molecular formula is C35H46O11. The van der Waals surface area contributed by atoms with Crippen molar-refractivity contribution in [3.05, 3.63) is 36.4 Å². The van der Waals surface area contributed by atoms with Crippen LogP contribution in [0.1, 0.15) is 101 Å². The van der Waals surface area contributed by atoms with Gasteiger partial charge in [-0.3, -0.25) is 14.4 Å². The van der Waals surface area contributed by atoms with Gasteiger partial charge < -0.3 is 28.5 Å². The van der Waals surface area contributed by atoms with E-state index in [0.717, 1.165) is 25.2 Å². The minimum Gasteiger partial charge on any atom is -0.465 e. The van der Waals surface area contributed by atoms with Crippen LogP contribution in [0.4, 0.5) is 0 Å². The lowest BCUT2D eigenvalue weighted by Gasteiger charge is -2.26. The molecule has 0 N–H and O–H groups in total. The molecule has 11 heteroatoms. The number of aldehydes is 1. The highest BCUT2D eigenvalue weighted by molar-refractivity contribution is 5.94. The van der Waals surface area contributed by atoms with E-state index in [2.05, 4.69) is 6.58 Å². The monoisotopic (exact) mass is 642 g/mol. The van der Waals surface area contributed by atoms with Crippen molar-refractivity contribution < 1.29 is 52.5 Å². The Balaban J connectivity index is 1.54. The molecular weight excluding hydrogens is 596 g/mol. The van der Waals surface area contributed by atoms with Crippen LogP contribution in [0.2, 0.25) is 0 Å². The summed E-state index contributed by atoms with van der Waals surface area (Å²) in [5, 5.41) is 0. The highest BCUT2D eigenvalue weighted by atomic mass is 16.6. The van der Waals surface area contributed by atoms with Crippen molar-refractivity contribution in [1.29, 1.82) is 0 Å². The lowest BCUT2D eigenvalue weighted by Crippen LogP contribution is -2.30. The Labute approximate surface area is 270 Å². The summed E-state index contributed by atoms with van der Waals surface area (Å²) in [4.78, 5) is 73.6. The third-order valence-corrected chi connectivity index (χ3v) is 8.47. The number of ether oxygens (including phenoxy) is 5. The van der Waals surface area contributed by atoms with Gasteiger partial charge in [-0.2, -0.15) is 0 Å². The lowest BCUT2D eigenvalue weighted by molar-refractivity contribution is -0.152. The molecule has 0 bridgehead atoms. The van der Waals surface area contributed by atoms with Gasteiger partial charge in [-0.05, 0) is 88.8 Å². The normalized spacial score (nSPS) is 20.9. The number of esters is 5. The zero-order valence-corrected chi connectivity index (χ0v) is 26.7. The second kappa shape index (κ2) is 19.5. The van der Waals surface area contributed by atoms with Gasteiger partial charge in [0, 0.05) is 12.0 Å². The molecule has 3 rings (SSSR count). The standard InChI is InChI=1S/C35H46O11/c1-3-5-6-20-44-35(41)29-22-28(45-33(39)26-11-9-24(23-36)10-12-26)17-18-30(29)46-34(40)27-15-13-25(14-16-27)32(38)43-21-8-7-19-42-31(37)4-2/h4,17-18,22-27H,2-3,5-16,19-21H2,1H3. The van der Waals surface area contributed by atoms with Gasteiger partial charge in [-0.25, -0.2) is 9.59 Å². The zero-order chi connectivity index (χ0) is 33.3. The average Bonchev–Trinajstić information content (AvgIpc) is 3.08. The molecule has 1 aromatic carbocycles. The second-order valence-corrected chi connectivity index (χ2v) is 11.9. The van der Waals surface area contributed by atoms with Crippen molar-refractivity contribution >= 4 is 36.1 Å². The third-order valence-electron chi connectivity index (χ3n) is 8.47. The first kappa shape index (κ1) is 36.4. The number of carbonyl (C=O) groups excluding carboxylic acids is 6. The largest absolute Gasteiger partial charge is 0.465 e. The molecule has 252 valence electrons. The average molecular weight is 643 g/mol. The molecule has 0 heterocycles. The summed E-state index contributed by atoms with van der Waals surface area (Å²) in [6, 6.07) is 4.26. The predicted octanol–water partition coefficient (Wildman–Crippen LogP) is 5.71. The lowest BCUT2D eigenvalue weighted by atomic mass is 9.82. The zero-order valence-electron chi connectivity index (χ0n) is 26.7. The summed E-state index contributed by atoms with van der Waals surface area (Å²) in [6.45, 7) is 6.01. The van der Waals surface area contributed by atoms with Gasteiger partial charge in [0.05, 0.1) is 37.6 Å². The molecule has 2 saturated carbocycles. The molecule has 0 aromatic heterocycles. The van der Waals surface area contributed by atoms with Crippen molar-refractivity contribution in [2.45, 2.75) is 90.4 Å². The van der Waals surface area contributed by atoms with E-state index in [-0.39, 0.29) is 60.6 Å². The van der Waals surface area contributed by atoms with E-state index in [0.29, 0.717) is 70.6 Å². The van der Waals surface area contributed by atoms with Gasteiger partial charge in [0.2, 0.25) is 0 Å². The van der Waals surface area contributed by atoms with Crippen LogP contribution in [0.5, 0.6) is 11.5 Å². The highest BCUT2D eigenvalue weighted by Crippen LogP contribution is 2.34. The van der Waals surface area contributed by atoms with Crippen molar-refractivity contribution in [3.63, 3.8) is 0 Å². The van der Waals surface area contributed by atoms with Crippen LogP contribution < -0.4 is 9.47 Å². The summed E-state index contributed by atoms with van der Waals surface area (Å²) in [5.74, 6) is -3.44. The molecule has 0 spiro atoms. The van der Waals surface area contributed by atoms with Gasteiger partial charge in [-0.15, -0.1) is 0 Å². The van der Waals surface area contributed by atoms with Crippen molar-refractivity contribution in [2.24, 2.45) is 23.7 Å². The van der Waals surface area contributed by atoms with Crippen LogP contribution in [0.15, 0.2) is 30.9 Å². The van der Waals surface area contributed by atoms with E-state index in [1.54, 1.807) is 0 Å². The van der Waals surface area contributed by atoms with Crippen molar-refractivity contribution in [2.75, 3.05) is 19.8 Å². The van der Waals surface area contributed by atoms with Crippen LogP contribution in [-0.2, 0) is 38.2 Å². The summed E-state index contributed by atoms with van der Waals surface area (Å²) in [7, 11) is 0. The van der Waals surface area contributed by atoms with Gasteiger partial charge in [0.1, 0.15) is 23.3 Å². The van der Waals surface area contributed by atoms with E-state index in [1.165, 1.54) is 18.2 Å². The van der Waals surface area contributed by atoms with Crippen molar-refractivity contribution in [3.8, 4) is 11.5 Å². The molecule has 11 nitrogen and oxygen atoms in total. The summed E-state index contributed by atoms with van der Waals surface area (Å²) >= 11 is 0. The van der Waals surface area contributed by atoms with Gasteiger partial charge in [0.25, 0.3) is 0 Å². The van der Waals surface area contributed by atoms with Crippen LogP contribution in [-0.4, -0.2) is 56.0 Å². The van der Waals surface area contributed by atoms with Gasteiger partial charge in [-0.1, -0.05) is 26.3 Å². The maximum absolute atomic E-state index is 13.1. The van der Waals surface area contributed by atoms with E-state index in [4.69, 9.17) is 23.7 Å². The third kappa shape index (κ3) is 11.7. The molecule has 0 saturated heterocycles. The smallest absolute Gasteiger partial charge is 0.342 e. The molecule has 0 aliphatic heterocycles. The molecule has 2 aliphatic rings. The molecule has 0 radical (unpaired) electrons. The number of hydrogen-bond donors (Lipinski definition) is 0. The Bertz CT molecular complexity index is 1210. The summed E-state index contributed by atoms with van der Waals surface area (Å²) in [5.41, 5.74) is -0.0173. The molecule has 2 fully saturated rings. The van der Waals surface area contributed by atoms with Crippen LogP contribution in [0, 0.1) is 23.7 Å². The Morgan fingerprint density at radius 3 is 1.87 bits per heavy atom. The summed E-state index contributed by atoms with van der Waals surface area (Å²) in [6.07, 6.45) is 9.83. The molecule has 46 heavy (non-hydrogen) atoms. The Morgan fingerprint density at radius 2 is 1.26 bits per heavy atom. The minimum absolute atomic E-state index is 0.0112. The Hall–Kier alpha value is -4.02. The molecule has 0 unspecified atom stereocenters. The van der Waals surface area contributed by atoms with E-state index in [1.807, 2.05) is 6.92 Å². The van der Waals surface area contributed by atoms with E-state index < -0.39 is 29.8 Å². The predicted molar refractivity (Wildman–Crippen MR) is 166 cm³/mol. The topological polar surface area (TPSA) is 149 Å². The Morgan fingerprint density at radius 1 is 0.717 bits per heavy atom. The fourth-order valence-corrected chi connectivity index (χ4v) is 5.59. The first-order valence-corrected chi connectivity index (χ1v) is 16.4. The number of unbranched alkanes of at least 4 members (excludes halogenated alkanes) is 3. The number of benzene rings is 1. The quantitative estimate of drug-likeness (QED) is 0.0514. The van der Waals surface area contributed by atoms with E-state index in [9.17, 15) is 28.8 Å². The highest BCUT2D eigenvalue weighted by Gasteiger charge is 2.33. The molecule has 0 amide bonds. The van der Waals surface area contributed by atoms with Crippen molar-refractivity contribution in [1.82, 2.24) is 0 Å². The Kier molecular flexibility index (Phi) is 15.4. The first-order valence-electron chi connectivity index (χ1n) is 16.4. The molecule has 1 aromatic rings. The number of hydrogen-bond acceptors (Lipinski definition) is 11. The fourth-order valence-electron chi connectivity index (χ4n) is 5.59. The van der Waals surface area contributed by atoms with Crippen LogP contribution in [0.3, 0.4) is 0 Å². The van der Waals surface area contributed by atoms with Crippen LogP contribution in [0.25, 0.3) is 0 Å². The molecule has 0 atom stereocenters. The van der Waals surface area contributed by atoms with Crippen LogP contribution >= 0.6 is 0 Å². The fraction of sp³-hybridized carbons (Fsp3) is 0.600. The van der Waals surface area contributed by atoms with Gasteiger partial charge in [0.15, 0.2) is 0 Å². The number of carbonyl (C=O) groups is 6. The summed E-state index contributed by atoms with van der Waals surface area (Å²) < 4.78 is 27.0.